The Morgan fingerprint density at radius 3 is 2.50 bits per heavy atom. The lowest BCUT2D eigenvalue weighted by Crippen LogP contribution is -2.47. The first-order valence-corrected chi connectivity index (χ1v) is 6.24. The van der Waals surface area contributed by atoms with Gasteiger partial charge in [-0.15, -0.1) is 0 Å². The lowest BCUT2D eigenvalue weighted by molar-refractivity contribution is 0.150. The van der Waals surface area contributed by atoms with E-state index < -0.39 is 0 Å². The van der Waals surface area contributed by atoms with Crippen LogP contribution in [0.1, 0.15) is 25.7 Å². The minimum Gasteiger partial charge on any atom is -0.309 e. The van der Waals surface area contributed by atoms with Crippen LogP contribution < -0.4 is 5.32 Å². The third kappa shape index (κ3) is 2.20. The number of nitrogens with one attached hydrogen (secondary N) is 1. The maximum absolute atomic E-state index is 3.85. The molecule has 2 nitrogen and oxygen atoms in total. The second kappa shape index (κ2) is 4.33. The van der Waals surface area contributed by atoms with Gasteiger partial charge in [0.15, 0.2) is 0 Å². The normalized spacial score (nSPS) is 37.4. The first-order chi connectivity index (χ1) is 6.66. The Labute approximate surface area is 94.9 Å². The molecule has 0 aromatic carbocycles. The zero-order valence-corrected chi connectivity index (χ0v) is 10.4. The Morgan fingerprint density at radius 2 is 2.00 bits per heavy atom. The second-order valence-corrected chi connectivity index (χ2v) is 5.74. The topological polar surface area (TPSA) is 15.3 Å². The molecule has 80 valence electrons. The summed E-state index contributed by atoms with van der Waals surface area (Å²) >= 11 is 3.39. The average Bonchev–Trinajstić information content (AvgIpc) is 2.41. The first kappa shape index (κ1) is 10.7. The molecule has 2 aliphatic rings. The third-order valence-electron chi connectivity index (χ3n) is 3.68. The molecule has 3 heteroatoms. The largest absolute Gasteiger partial charge is 0.309 e. The van der Waals surface area contributed by atoms with E-state index in [0.717, 1.165) is 23.1 Å². The third-order valence-corrected chi connectivity index (χ3v) is 3.96. The highest BCUT2D eigenvalue weighted by Gasteiger charge is 2.37. The molecular weight excluding hydrogens is 240 g/mol. The van der Waals surface area contributed by atoms with Gasteiger partial charge in [-0.3, -0.25) is 0 Å². The predicted octanol–water partition coefficient (Wildman–Crippen LogP) is 2.11. The summed E-state index contributed by atoms with van der Waals surface area (Å²) in [5.74, 6) is 0. The van der Waals surface area contributed by atoms with Crippen LogP contribution in [0.15, 0.2) is 11.1 Å². The van der Waals surface area contributed by atoms with Crippen LogP contribution in [-0.4, -0.2) is 36.6 Å². The molecule has 2 fully saturated rings. The van der Waals surface area contributed by atoms with Gasteiger partial charge in [-0.2, -0.15) is 0 Å². The van der Waals surface area contributed by atoms with E-state index in [1.54, 1.807) is 0 Å². The van der Waals surface area contributed by atoms with Crippen LogP contribution in [0.3, 0.4) is 0 Å². The quantitative estimate of drug-likeness (QED) is 0.835. The van der Waals surface area contributed by atoms with Crippen molar-refractivity contribution in [2.75, 3.05) is 13.6 Å². The van der Waals surface area contributed by atoms with Gasteiger partial charge in [0.1, 0.15) is 0 Å². The molecule has 14 heavy (non-hydrogen) atoms. The number of hydrogen-bond acceptors (Lipinski definition) is 2. The molecule has 2 saturated heterocycles. The maximum atomic E-state index is 3.85. The Bertz CT molecular complexity index is 215. The van der Waals surface area contributed by atoms with Gasteiger partial charge in [0.25, 0.3) is 0 Å². The van der Waals surface area contributed by atoms with E-state index in [9.17, 15) is 0 Å². The Hall–Kier alpha value is 0.140. The van der Waals surface area contributed by atoms with E-state index in [4.69, 9.17) is 0 Å². The smallest absolute Gasteiger partial charge is 0.0268 e. The van der Waals surface area contributed by atoms with Gasteiger partial charge in [-0.25, -0.2) is 0 Å². The highest BCUT2D eigenvalue weighted by atomic mass is 79.9. The van der Waals surface area contributed by atoms with Crippen molar-refractivity contribution >= 4 is 15.9 Å². The molecule has 2 unspecified atom stereocenters. The number of halogens is 1. The molecule has 2 aliphatic heterocycles. The second-order valence-electron chi connectivity index (χ2n) is 4.62. The number of piperidine rings is 1. The molecule has 2 atom stereocenters. The van der Waals surface area contributed by atoms with Crippen LogP contribution in [0.4, 0.5) is 0 Å². The van der Waals surface area contributed by atoms with Crippen molar-refractivity contribution < 1.29 is 0 Å². The van der Waals surface area contributed by atoms with Gasteiger partial charge < -0.3 is 10.2 Å². The van der Waals surface area contributed by atoms with E-state index in [-0.39, 0.29) is 0 Å². The van der Waals surface area contributed by atoms with Crippen LogP contribution in [-0.2, 0) is 0 Å². The van der Waals surface area contributed by atoms with Gasteiger partial charge in [-0.05, 0) is 32.7 Å². The molecule has 2 rings (SSSR count). The Kier molecular flexibility index (Phi) is 3.30. The Morgan fingerprint density at radius 1 is 1.43 bits per heavy atom. The fourth-order valence-corrected chi connectivity index (χ4v) is 3.00. The van der Waals surface area contributed by atoms with Crippen LogP contribution in [0.25, 0.3) is 0 Å². The van der Waals surface area contributed by atoms with Crippen molar-refractivity contribution in [1.82, 2.24) is 10.2 Å². The molecule has 0 aromatic heterocycles. The van der Waals surface area contributed by atoms with Crippen molar-refractivity contribution in [3.05, 3.63) is 11.1 Å². The summed E-state index contributed by atoms with van der Waals surface area (Å²) in [5, 5.41) is 3.57. The summed E-state index contributed by atoms with van der Waals surface area (Å²) in [5.41, 5.74) is 0. The zero-order valence-electron chi connectivity index (χ0n) is 8.80. The molecule has 0 saturated carbocycles. The molecule has 0 amide bonds. The van der Waals surface area contributed by atoms with Crippen LogP contribution >= 0.6 is 15.9 Å². The van der Waals surface area contributed by atoms with Crippen molar-refractivity contribution in [1.29, 1.82) is 0 Å². The van der Waals surface area contributed by atoms with Crippen LogP contribution in [0.5, 0.6) is 0 Å². The molecular formula is C11H19BrN2. The fourth-order valence-electron chi connectivity index (χ4n) is 2.83. The van der Waals surface area contributed by atoms with Gasteiger partial charge in [0.05, 0.1) is 0 Å². The van der Waals surface area contributed by atoms with Gasteiger partial charge in [0.2, 0.25) is 0 Å². The minimum absolute atomic E-state index is 0.706. The summed E-state index contributed by atoms with van der Waals surface area (Å²) in [4.78, 5) is 2.57. The summed E-state index contributed by atoms with van der Waals surface area (Å²) in [7, 11) is 2.28. The SMILES string of the molecule is C=C(Br)CNC1CC2CCC(C1)N2C. The number of rotatable bonds is 3. The van der Waals surface area contributed by atoms with Crippen molar-refractivity contribution in [3.8, 4) is 0 Å². The van der Waals surface area contributed by atoms with E-state index in [1.807, 2.05) is 0 Å². The summed E-state index contributed by atoms with van der Waals surface area (Å²) in [6, 6.07) is 2.36. The predicted molar refractivity (Wildman–Crippen MR) is 63.7 cm³/mol. The molecule has 0 radical (unpaired) electrons. The van der Waals surface area contributed by atoms with Crippen LogP contribution in [0, 0.1) is 0 Å². The molecule has 0 spiro atoms. The summed E-state index contributed by atoms with van der Waals surface area (Å²) in [6.07, 6.45) is 5.42. The van der Waals surface area contributed by atoms with E-state index >= 15 is 0 Å². The van der Waals surface area contributed by atoms with E-state index in [2.05, 4.69) is 39.8 Å². The first-order valence-electron chi connectivity index (χ1n) is 5.45. The van der Waals surface area contributed by atoms with Crippen molar-refractivity contribution in [2.24, 2.45) is 0 Å². The molecule has 0 aliphatic carbocycles. The van der Waals surface area contributed by atoms with E-state index in [1.165, 1.54) is 25.7 Å². The molecule has 2 heterocycles. The standard InChI is InChI=1S/C11H19BrN2/c1-8(12)7-13-9-5-10-3-4-11(6-9)14(10)2/h9-11,13H,1,3-7H2,2H3. The number of nitrogens with zero attached hydrogens (tertiary/aromatic N) is 1. The highest BCUT2D eigenvalue weighted by molar-refractivity contribution is 9.11. The van der Waals surface area contributed by atoms with Crippen LogP contribution in [0.2, 0.25) is 0 Å². The zero-order chi connectivity index (χ0) is 10.1. The highest BCUT2D eigenvalue weighted by Crippen LogP contribution is 2.34. The van der Waals surface area contributed by atoms with Gasteiger partial charge in [-0.1, -0.05) is 22.5 Å². The maximum Gasteiger partial charge on any atom is 0.0268 e. The fraction of sp³-hybridized carbons (Fsp3) is 0.818. The van der Waals surface area contributed by atoms with Gasteiger partial charge >= 0.3 is 0 Å². The monoisotopic (exact) mass is 258 g/mol. The van der Waals surface area contributed by atoms with Crippen molar-refractivity contribution in [2.45, 2.75) is 43.8 Å². The Balaban J connectivity index is 1.84. The molecule has 0 aromatic rings. The molecule has 1 N–H and O–H groups in total. The van der Waals surface area contributed by atoms with E-state index in [0.29, 0.717) is 6.04 Å². The minimum atomic E-state index is 0.706. The lowest BCUT2D eigenvalue weighted by atomic mass is 9.98. The molecule has 2 bridgehead atoms. The summed E-state index contributed by atoms with van der Waals surface area (Å²) < 4.78 is 1.06. The number of hydrogen-bond donors (Lipinski definition) is 1. The average molecular weight is 259 g/mol. The van der Waals surface area contributed by atoms with Gasteiger partial charge in [0, 0.05) is 29.2 Å². The lowest BCUT2D eigenvalue weighted by Gasteiger charge is -2.36. The number of fused-ring (bicyclic) bond motifs is 2. The van der Waals surface area contributed by atoms with Crippen molar-refractivity contribution in [3.63, 3.8) is 0 Å². The summed E-state index contributed by atoms with van der Waals surface area (Å²) in [6.45, 7) is 4.76.